The Hall–Kier alpha value is -4.31. The minimum absolute atomic E-state index is 0.138. The number of aromatic nitrogens is 2. The van der Waals surface area contributed by atoms with E-state index >= 15 is 0 Å². The summed E-state index contributed by atoms with van der Waals surface area (Å²) in [7, 11) is 1.61. The number of fused-ring (bicyclic) bond motifs is 1. The van der Waals surface area contributed by atoms with Gasteiger partial charge in [-0.2, -0.15) is 4.98 Å². The highest BCUT2D eigenvalue weighted by molar-refractivity contribution is 6.22. The number of imide groups is 1. The first kappa shape index (κ1) is 23.4. The number of benzene rings is 2. The molecule has 0 aliphatic carbocycles. The van der Waals surface area contributed by atoms with E-state index in [4.69, 9.17) is 9.26 Å². The van der Waals surface area contributed by atoms with Gasteiger partial charge in [0, 0.05) is 43.9 Å². The van der Waals surface area contributed by atoms with Crippen LogP contribution in [0.25, 0.3) is 11.4 Å². The summed E-state index contributed by atoms with van der Waals surface area (Å²) in [5, 5.41) is 4.07. The van der Waals surface area contributed by atoms with Crippen LogP contribution in [0.5, 0.6) is 5.75 Å². The fourth-order valence-corrected chi connectivity index (χ4v) is 4.38. The summed E-state index contributed by atoms with van der Waals surface area (Å²) in [5.74, 6) is 0.842. The van der Waals surface area contributed by atoms with Crippen LogP contribution in [-0.2, 0) is 6.54 Å². The van der Waals surface area contributed by atoms with Gasteiger partial charge in [0.15, 0.2) is 0 Å². The second-order valence-electron chi connectivity index (χ2n) is 8.58. The molecule has 3 amide bonds. The molecular weight excluding hydrogens is 462 g/mol. The standard InChI is InChI=1S/C26H25N5O5/c1-3-10-31-25(33)20-9-6-18(15-21(20)26(31)34)24(32)30-13-11-29(12-14-30)16-22-27-23(28-36-22)17-4-7-19(35-2)8-5-17/h3-9,15H,1,10-14,16H2,2H3. The van der Waals surface area contributed by atoms with Crippen LogP contribution in [0, 0.1) is 0 Å². The molecule has 3 heterocycles. The van der Waals surface area contributed by atoms with Crippen molar-refractivity contribution in [1.82, 2.24) is 24.8 Å². The molecule has 0 atom stereocenters. The van der Waals surface area contributed by atoms with Crippen molar-refractivity contribution in [3.8, 4) is 17.1 Å². The van der Waals surface area contributed by atoms with Gasteiger partial charge in [-0.15, -0.1) is 6.58 Å². The maximum absolute atomic E-state index is 13.1. The fourth-order valence-electron chi connectivity index (χ4n) is 4.38. The van der Waals surface area contributed by atoms with Crippen molar-refractivity contribution in [3.63, 3.8) is 0 Å². The number of carbonyl (C=O) groups is 3. The van der Waals surface area contributed by atoms with Gasteiger partial charge in [-0.3, -0.25) is 24.2 Å². The van der Waals surface area contributed by atoms with Gasteiger partial charge in [0.2, 0.25) is 11.7 Å². The third-order valence-electron chi connectivity index (χ3n) is 6.36. The van der Waals surface area contributed by atoms with E-state index in [9.17, 15) is 14.4 Å². The van der Waals surface area contributed by atoms with E-state index in [0.717, 1.165) is 16.2 Å². The van der Waals surface area contributed by atoms with E-state index in [1.54, 1.807) is 24.1 Å². The molecule has 184 valence electrons. The Kier molecular flexibility index (Phi) is 6.34. The number of piperazine rings is 1. The predicted octanol–water partition coefficient (Wildman–Crippen LogP) is 2.49. The average Bonchev–Trinajstić information content (AvgIpc) is 3.47. The van der Waals surface area contributed by atoms with Crippen LogP contribution < -0.4 is 4.74 Å². The van der Waals surface area contributed by atoms with Gasteiger partial charge in [-0.1, -0.05) is 11.2 Å². The van der Waals surface area contributed by atoms with Crippen molar-refractivity contribution in [2.24, 2.45) is 0 Å². The van der Waals surface area contributed by atoms with Crippen LogP contribution in [0.3, 0.4) is 0 Å². The zero-order valence-electron chi connectivity index (χ0n) is 19.8. The largest absolute Gasteiger partial charge is 0.497 e. The molecule has 0 saturated carbocycles. The second kappa shape index (κ2) is 9.74. The SMILES string of the molecule is C=CCN1C(=O)c2ccc(C(=O)N3CCN(Cc4nc(-c5ccc(OC)cc5)no4)CC3)cc2C1=O. The molecule has 10 nitrogen and oxygen atoms in total. The summed E-state index contributed by atoms with van der Waals surface area (Å²) in [4.78, 5) is 47.6. The van der Waals surface area contributed by atoms with E-state index in [1.165, 1.54) is 12.1 Å². The zero-order valence-corrected chi connectivity index (χ0v) is 19.8. The second-order valence-corrected chi connectivity index (χ2v) is 8.58. The van der Waals surface area contributed by atoms with E-state index in [-0.39, 0.29) is 23.9 Å². The van der Waals surface area contributed by atoms with Gasteiger partial charge in [0.1, 0.15) is 5.75 Å². The van der Waals surface area contributed by atoms with Gasteiger partial charge in [0.05, 0.1) is 24.8 Å². The molecule has 0 radical (unpaired) electrons. The fraction of sp³-hybridized carbons (Fsp3) is 0.269. The van der Waals surface area contributed by atoms with Gasteiger partial charge >= 0.3 is 0 Å². The van der Waals surface area contributed by atoms with Gasteiger partial charge < -0.3 is 14.2 Å². The van der Waals surface area contributed by atoms with Crippen LogP contribution in [0.4, 0.5) is 0 Å². The van der Waals surface area contributed by atoms with E-state index in [2.05, 4.69) is 21.6 Å². The highest BCUT2D eigenvalue weighted by Crippen LogP contribution is 2.25. The van der Waals surface area contributed by atoms with Gasteiger partial charge in [-0.25, -0.2) is 0 Å². The van der Waals surface area contributed by atoms with Crippen LogP contribution in [-0.4, -0.2) is 82.4 Å². The Balaban J connectivity index is 1.19. The number of rotatable bonds is 7. The Morgan fingerprint density at radius 2 is 1.78 bits per heavy atom. The van der Waals surface area contributed by atoms with Crippen molar-refractivity contribution in [2.75, 3.05) is 39.8 Å². The highest BCUT2D eigenvalue weighted by atomic mass is 16.5. The molecule has 1 saturated heterocycles. The highest BCUT2D eigenvalue weighted by Gasteiger charge is 2.35. The van der Waals surface area contributed by atoms with Crippen molar-refractivity contribution < 1.29 is 23.6 Å². The van der Waals surface area contributed by atoms with E-state index < -0.39 is 5.91 Å². The normalized spacial score (nSPS) is 15.8. The maximum atomic E-state index is 13.1. The Labute approximate surface area is 207 Å². The van der Waals surface area contributed by atoms with Crippen LogP contribution in [0.15, 0.2) is 59.6 Å². The van der Waals surface area contributed by atoms with E-state index in [0.29, 0.717) is 55.6 Å². The maximum Gasteiger partial charge on any atom is 0.261 e. The summed E-state index contributed by atoms with van der Waals surface area (Å²) in [6.45, 7) is 6.53. The number of carbonyl (C=O) groups excluding carboxylic acids is 3. The number of ether oxygens (including phenoxy) is 1. The lowest BCUT2D eigenvalue weighted by molar-refractivity contribution is 0.0614. The number of amides is 3. The lowest BCUT2D eigenvalue weighted by Gasteiger charge is -2.34. The number of hydrogen-bond donors (Lipinski definition) is 0. The molecule has 2 aliphatic heterocycles. The van der Waals surface area contributed by atoms with Crippen LogP contribution in [0.2, 0.25) is 0 Å². The molecule has 0 bridgehead atoms. The first-order valence-electron chi connectivity index (χ1n) is 11.6. The summed E-state index contributed by atoms with van der Waals surface area (Å²) >= 11 is 0. The topological polar surface area (TPSA) is 109 Å². The van der Waals surface area contributed by atoms with Crippen molar-refractivity contribution in [1.29, 1.82) is 0 Å². The first-order valence-corrected chi connectivity index (χ1v) is 11.6. The Bertz CT molecular complexity index is 1320. The van der Waals surface area contributed by atoms with E-state index in [1.807, 2.05) is 24.3 Å². The minimum Gasteiger partial charge on any atom is -0.497 e. The summed E-state index contributed by atoms with van der Waals surface area (Å²) in [5.41, 5.74) is 1.81. The summed E-state index contributed by atoms with van der Waals surface area (Å²) in [6, 6.07) is 12.1. The summed E-state index contributed by atoms with van der Waals surface area (Å²) in [6.07, 6.45) is 1.50. The molecule has 2 aliphatic rings. The van der Waals surface area contributed by atoms with Gasteiger partial charge in [0.25, 0.3) is 17.7 Å². The lowest BCUT2D eigenvalue weighted by atomic mass is 10.0. The number of methoxy groups -OCH3 is 1. The Morgan fingerprint density at radius 1 is 1.06 bits per heavy atom. The third-order valence-corrected chi connectivity index (χ3v) is 6.36. The molecule has 2 aromatic carbocycles. The number of hydrogen-bond acceptors (Lipinski definition) is 8. The zero-order chi connectivity index (χ0) is 25.2. The molecule has 5 rings (SSSR count). The van der Waals surface area contributed by atoms with Crippen molar-refractivity contribution in [2.45, 2.75) is 6.54 Å². The molecule has 10 heteroatoms. The molecule has 0 unspecified atom stereocenters. The third kappa shape index (κ3) is 4.38. The molecule has 1 aromatic heterocycles. The molecular formula is C26H25N5O5. The molecule has 36 heavy (non-hydrogen) atoms. The van der Waals surface area contributed by atoms with Crippen LogP contribution in [0.1, 0.15) is 37.0 Å². The molecule has 0 spiro atoms. The quantitative estimate of drug-likeness (QED) is 0.369. The minimum atomic E-state index is -0.400. The average molecular weight is 488 g/mol. The van der Waals surface area contributed by atoms with Gasteiger partial charge in [-0.05, 0) is 42.5 Å². The molecule has 0 N–H and O–H groups in total. The lowest BCUT2D eigenvalue weighted by Crippen LogP contribution is -2.48. The number of nitrogens with zero attached hydrogens (tertiary/aromatic N) is 5. The summed E-state index contributed by atoms with van der Waals surface area (Å²) < 4.78 is 10.6. The Morgan fingerprint density at radius 3 is 2.47 bits per heavy atom. The molecule has 3 aromatic rings. The predicted molar refractivity (Wildman–Crippen MR) is 129 cm³/mol. The van der Waals surface area contributed by atoms with Crippen molar-refractivity contribution >= 4 is 17.7 Å². The first-order chi connectivity index (χ1) is 17.5. The van der Waals surface area contributed by atoms with Crippen LogP contribution >= 0.6 is 0 Å². The monoisotopic (exact) mass is 487 g/mol. The molecule has 1 fully saturated rings. The smallest absolute Gasteiger partial charge is 0.261 e. The van der Waals surface area contributed by atoms with Crippen molar-refractivity contribution in [3.05, 3.63) is 77.7 Å².